The molecular formula is C21H18N4O3. The molecule has 4 aromatic rings. The molecule has 2 aromatic heterocycles. The number of nitrogens with zero attached hydrogens (tertiary/aromatic N) is 2. The van der Waals surface area contributed by atoms with E-state index in [9.17, 15) is 9.59 Å². The molecule has 0 aliphatic heterocycles. The molecule has 0 saturated heterocycles. The lowest BCUT2D eigenvalue weighted by atomic mass is 10.2. The van der Waals surface area contributed by atoms with Gasteiger partial charge in [0.15, 0.2) is 0 Å². The van der Waals surface area contributed by atoms with Gasteiger partial charge in [-0.25, -0.2) is 9.59 Å². The Hall–Kier alpha value is -3.87. The summed E-state index contributed by atoms with van der Waals surface area (Å²) in [5, 5.41) is 16.8. The van der Waals surface area contributed by atoms with Gasteiger partial charge >= 0.3 is 12.0 Å². The Morgan fingerprint density at radius 3 is 2.68 bits per heavy atom. The number of aromatic nitrogens is 2. The molecule has 0 unspecified atom stereocenters. The standard InChI is InChI=1S/C21H18N4O3/c26-20(27)14-4-3-5-15(12-14)24-21(28)23-10-11-25-18-7-2-1-6-16(18)17-8-9-22-13-19(17)25/h1-9,12-13H,10-11H2,(H,26,27)(H2,23,24,28). The fraction of sp³-hybridized carbons (Fsp3) is 0.0952. The smallest absolute Gasteiger partial charge is 0.335 e. The topological polar surface area (TPSA) is 96.3 Å². The number of carbonyl (C=O) groups is 2. The van der Waals surface area contributed by atoms with Crippen LogP contribution < -0.4 is 10.6 Å². The molecule has 3 N–H and O–H groups in total. The maximum atomic E-state index is 12.2. The van der Waals surface area contributed by atoms with Crippen LogP contribution in [0.1, 0.15) is 10.4 Å². The fourth-order valence-electron chi connectivity index (χ4n) is 3.32. The number of hydrogen-bond acceptors (Lipinski definition) is 3. The third kappa shape index (κ3) is 3.37. The van der Waals surface area contributed by atoms with E-state index in [2.05, 4.69) is 26.3 Å². The van der Waals surface area contributed by atoms with Crippen molar-refractivity contribution in [3.63, 3.8) is 0 Å². The highest BCUT2D eigenvalue weighted by molar-refractivity contribution is 6.07. The molecule has 2 amide bonds. The van der Waals surface area contributed by atoms with Crippen LogP contribution in [0.4, 0.5) is 10.5 Å². The average Bonchev–Trinajstić information content (AvgIpc) is 3.02. The van der Waals surface area contributed by atoms with Crippen molar-refractivity contribution in [2.75, 3.05) is 11.9 Å². The molecule has 2 aromatic carbocycles. The van der Waals surface area contributed by atoms with E-state index in [0.717, 1.165) is 21.8 Å². The van der Waals surface area contributed by atoms with Gasteiger partial charge in [0.05, 0.1) is 17.3 Å². The number of carbonyl (C=O) groups excluding carboxylic acids is 1. The number of anilines is 1. The van der Waals surface area contributed by atoms with Crippen LogP contribution in [0.2, 0.25) is 0 Å². The number of nitrogens with one attached hydrogen (secondary N) is 2. The van der Waals surface area contributed by atoms with E-state index in [1.54, 1.807) is 18.3 Å². The Kier molecular flexibility index (Phi) is 4.63. The minimum Gasteiger partial charge on any atom is -0.478 e. The first-order valence-corrected chi connectivity index (χ1v) is 8.82. The number of hydrogen-bond donors (Lipinski definition) is 3. The van der Waals surface area contributed by atoms with Crippen molar-refractivity contribution in [3.8, 4) is 0 Å². The zero-order valence-corrected chi connectivity index (χ0v) is 14.9. The van der Waals surface area contributed by atoms with Crippen molar-refractivity contribution >= 4 is 39.5 Å². The first kappa shape index (κ1) is 17.5. The predicted octanol–water partition coefficient (Wildman–Crippen LogP) is 3.71. The second kappa shape index (κ2) is 7.40. The molecule has 0 atom stereocenters. The van der Waals surface area contributed by atoms with Crippen molar-refractivity contribution < 1.29 is 14.7 Å². The van der Waals surface area contributed by atoms with Gasteiger partial charge in [0.1, 0.15) is 0 Å². The highest BCUT2D eigenvalue weighted by Crippen LogP contribution is 2.27. The van der Waals surface area contributed by atoms with Crippen LogP contribution in [0.5, 0.6) is 0 Å². The fourth-order valence-corrected chi connectivity index (χ4v) is 3.32. The first-order chi connectivity index (χ1) is 13.6. The number of urea groups is 1. The molecule has 0 saturated carbocycles. The second-order valence-corrected chi connectivity index (χ2v) is 6.33. The van der Waals surface area contributed by atoms with Gasteiger partial charge in [-0.3, -0.25) is 4.98 Å². The van der Waals surface area contributed by atoms with E-state index in [0.29, 0.717) is 18.8 Å². The zero-order valence-electron chi connectivity index (χ0n) is 14.9. The number of fused-ring (bicyclic) bond motifs is 3. The number of rotatable bonds is 5. The number of benzene rings is 2. The van der Waals surface area contributed by atoms with E-state index in [4.69, 9.17) is 5.11 Å². The van der Waals surface area contributed by atoms with Crippen LogP contribution >= 0.6 is 0 Å². The summed E-state index contributed by atoms with van der Waals surface area (Å²) >= 11 is 0. The summed E-state index contributed by atoms with van der Waals surface area (Å²) in [5.41, 5.74) is 2.65. The van der Waals surface area contributed by atoms with Gasteiger partial charge in [0, 0.05) is 41.3 Å². The lowest BCUT2D eigenvalue weighted by Crippen LogP contribution is -2.31. The lowest BCUT2D eigenvalue weighted by molar-refractivity contribution is 0.0697. The first-order valence-electron chi connectivity index (χ1n) is 8.82. The van der Waals surface area contributed by atoms with E-state index in [1.165, 1.54) is 12.1 Å². The van der Waals surface area contributed by atoms with Crippen LogP contribution in [0.15, 0.2) is 67.0 Å². The Labute approximate surface area is 160 Å². The van der Waals surface area contributed by atoms with Gasteiger partial charge in [-0.05, 0) is 30.3 Å². The highest BCUT2D eigenvalue weighted by Gasteiger charge is 2.10. The Morgan fingerprint density at radius 1 is 1.00 bits per heavy atom. The summed E-state index contributed by atoms with van der Waals surface area (Å²) in [6.07, 6.45) is 3.60. The lowest BCUT2D eigenvalue weighted by Gasteiger charge is -2.10. The molecule has 4 rings (SSSR count). The van der Waals surface area contributed by atoms with E-state index in [-0.39, 0.29) is 11.6 Å². The van der Waals surface area contributed by atoms with Crippen LogP contribution in [0, 0.1) is 0 Å². The molecule has 2 heterocycles. The van der Waals surface area contributed by atoms with Gasteiger partial charge in [0.2, 0.25) is 0 Å². The summed E-state index contributed by atoms with van der Waals surface area (Å²) in [4.78, 5) is 27.4. The molecule has 0 aliphatic rings. The predicted molar refractivity (Wildman–Crippen MR) is 108 cm³/mol. The minimum atomic E-state index is -1.04. The van der Waals surface area contributed by atoms with E-state index < -0.39 is 5.97 Å². The zero-order chi connectivity index (χ0) is 19.5. The van der Waals surface area contributed by atoms with E-state index in [1.807, 2.05) is 30.5 Å². The maximum absolute atomic E-state index is 12.2. The number of carboxylic acids is 1. The minimum absolute atomic E-state index is 0.121. The molecule has 0 aliphatic carbocycles. The number of aromatic carboxylic acids is 1. The molecular weight excluding hydrogens is 356 g/mol. The average molecular weight is 374 g/mol. The molecule has 7 nitrogen and oxygen atoms in total. The molecule has 0 spiro atoms. The number of pyridine rings is 1. The van der Waals surface area contributed by atoms with Crippen LogP contribution in [0.25, 0.3) is 21.8 Å². The summed E-state index contributed by atoms with van der Waals surface area (Å²) in [6, 6.07) is 15.8. The molecule has 28 heavy (non-hydrogen) atoms. The van der Waals surface area contributed by atoms with Crippen molar-refractivity contribution in [2.24, 2.45) is 0 Å². The molecule has 0 fully saturated rings. The highest BCUT2D eigenvalue weighted by atomic mass is 16.4. The maximum Gasteiger partial charge on any atom is 0.335 e. The Bertz CT molecular complexity index is 1130. The summed E-state index contributed by atoms with van der Waals surface area (Å²) in [5.74, 6) is -1.04. The molecule has 140 valence electrons. The molecule has 7 heteroatoms. The van der Waals surface area contributed by atoms with Gasteiger partial charge in [-0.2, -0.15) is 0 Å². The third-order valence-corrected chi connectivity index (χ3v) is 4.56. The van der Waals surface area contributed by atoms with Gasteiger partial charge in [-0.15, -0.1) is 0 Å². The quantitative estimate of drug-likeness (QED) is 0.496. The summed E-state index contributed by atoms with van der Waals surface area (Å²) in [7, 11) is 0. The van der Waals surface area contributed by atoms with Crippen molar-refractivity contribution in [1.29, 1.82) is 0 Å². The summed E-state index contributed by atoms with van der Waals surface area (Å²) in [6.45, 7) is 0.991. The van der Waals surface area contributed by atoms with E-state index >= 15 is 0 Å². The number of para-hydroxylation sites is 1. The van der Waals surface area contributed by atoms with Gasteiger partial charge in [-0.1, -0.05) is 24.3 Å². The third-order valence-electron chi connectivity index (χ3n) is 4.56. The number of carboxylic acid groups (broad SMARTS) is 1. The second-order valence-electron chi connectivity index (χ2n) is 6.33. The Morgan fingerprint density at radius 2 is 1.82 bits per heavy atom. The Balaban J connectivity index is 1.46. The van der Waals surface area contributed by atoms with Gasteiger partial charge in [0.25, 0.3) is 0 Å². The van der Waals surface area contributed by atoms with Gasteiger partial charge < -0.3 is 20.3 Å². The van der Waals surface area contributed by atoms with Crippen LogP contribution in [-0.4, -0.2) is 33.2 Å². The van der Waals surface area contributed by atoms with Crippen molar-refractivity contribution in [3.05, 3.63) is 72.6 Å². The SMILES string of the molecule is O=C(NCCn1c2ccccc2c2ccncc21)Nc1cccc(C(=O)O)c1. The van der Waals surface area contributed by atoms with Crippen molar-refractivity contribution in [2.45, 2.75) is 6.54 Å². The van der Waals surface area contributed by atoms with Crippen molar-refractivity contribution in [1.82, 2.24) is 14.9 Å². The monoisotopic (exact) mass is 374 g/mol. The largest absolute Gasteiger partial charge is 0.478 e. The number of amides is 2. The molecule has 0 bridgehead atoms. The molecule has 0 radical (unpaired) electrons. The summed E-state index contributed by atoms with van der Waals surface area (Å²) < 4.78 is 2.13. The normalized spacial score (nSPS) is 10.9. The van der Waals surface area contributed by atoms with Crippen LogP contribution in [-0.2, 0) is 6.54 Å². The van der Waals surface area contributed by atoms with Crippen LogP contribution in [0.3, 0.4) is 0 Å².